The van der Waals surface area contributed by atoms with Gasteiger partial charge in [-0.05, 0) is 37.4 Å². The lowest BCUT2D eigenvalue weighted by molar-refractivity contribution is 0.292. The highest BCUT2D eigenvalue weighted by Crippen LogP contribution is 2.24. The van der Waals surface area contributed by atoms with Gasteiger partial charge in [-0.3, -0.25) is 0 Å². The van der Waals surface area contributed by atoms with Crippen molar-refractivity contribution < 1.29 is 9.13 Å². The van der Waals surface area contributed by atoms with E-state index in [9.17, 15) is 4.39 Å². The van der Waals surface area contributed by atoms with E-state index in [-0.39, 0.29) is 12.4 Å². The maximum Gasteiger partial charge on any atom is 0.129 e. The van der Waals surface area contributed by atoms with E-state index < -0.39 is 0 Å². The first-order valence-electron chi connectivity index (χ1n) is 8.71. The maximum atomic E-state index is 13.7. The van der Waals surface area contributed by atoms with Crippen molar-refractivity contribution in [3.05, 3.63) is 63.9 Å². The molecular formula is C20H26BrFN2O. The Balaban J connectivity index is 1.94. The molecule has 0 fully saturated rings. The van der Waals surface area contributed by atoms with Crippen molar-refractivity contribution in [2.24, 2.45) is 0 Å². The lowest BCUT2D eigenvalue weighted by atomic mass is 10.2. The van der Waals surface area contributed by atoms with Crippen LogP contribution >= 0.6 is 15.9 Å². The molecule has 0 aliphatic heterocycles. The predicted molar refractivity (Wildman–Crippen MR) is 104 cm³/mol. The highest BCUT2D eigenvalue weighted by molar-refractivity contribution is 9.10. The van der Waals surface area contributed by atoms with Crippen LogP contribution in [0, 0.1) is 5.82 Å². The van der Waals surface area contributed by atoms with Crippen molar-refractivity contribution in [1.29, 1.82) is 0 Å². The lowest BCUT2D eigenvalue weighted by Crippen LogP contribution is -2.31. The molecule has 0 bridgehead atoms. The van der Waals surface area contributed by atoms with Crippen LogP contribution in [0.15, 0.2) is 46.9 Å². The van der Waals surface area contributed by atoms with Crippen molar-refractivity contribution in [2.45, 2.75) is 27.0 Å². The third-order valence-electron chi connectivity index (χ3n) is 4.18. The number of nitrogens with one attached hydrogen (secondary N) is 1. The summed E-state index contributed by atoms with van der Waals surface area (Å²) >= 11 is 3.51. The van der Waals surface area contributed by atoms with Crippen molar-refractivity contribution in [2.75, 3.05) is 26.2 Å². The number of ether oxygens (including phenoxy) is 1. The van der Waals surface area contributed by atoms with Crippen LogP contribution in [0.1, 0.15) is 25.0 Å². The molecule has 3 nitrogen and oxygen atoms in total. The van der Waals surface area contributed by atoms with E-state index >= 15 is 0 Å². The van der Waals surface area contributed by atoms with E-state index in [4.69, 9.17) is 4.74 Å². The molecule has 0 radical (unpaired) electrons. The predicted octanol–water partition coefficient (Wildman–Crippen LogP) is 4.60. The largest absolute Gasteiger partial charge is 0.488 e. The molecule has 5 heteroatoms. The van der Waals surface area contributed by atoms with E-state index in [1.165, 1.54) is 6.07 Å². The molecular weight excluding hydrogens is 383 g/mol. The summed E-state index contributed by atoms with van der Waals surface area (Å²) in [6.07, 6.45) is 0. The smallest absolute Gasteiger partial charge is 0.129 e. The Labute approximate surface area is 158 Å². The first kappa shape index (κ1) is 19.9. The Hall–Kier alpha value is -1.43. The minimum atomic E-state index is -0.237. The molecule has 0 spiro atoms. The topological polar surface area (TPSA) is 24.5 Å². The number of halogens is 2. The Morgan fingerprint density at radius 3 is 2.56 bits per heavy atom. The molecule has 0 aliphatic rings. The molecule has 0 heterocycles. The van der Waals surface area contributed by atoms with Crippen LogP contribution in [-0.2, 0) is 13.2 Å². The van der Waals surface area contributed by atoms with Crippen molar-refractivity contribution in [3.63, 3.8) is 0 Å². The van der Waals surface area contributed by atoms with Gasteiger partial charge < -0.3 is 15.0 Å². The average molecular weight is 409 g/mol. The van der Waals surface area contributed by atoms with Crippen LogP contribution in [0.25, 0.3) is 0 Å². The summed E-state index contributed by atoms with van der Waals surface area (Å²) < 4.78 is 20.6. The summed E-state index contributed by atoms with van der Waals surface area (Å²) in [4.78, 5) is 2.38. The Bertz CT molecular complexity index is 662. The molecule has 0 atom stereocenters. The molecule has 0 saturated heterocycles. The van der Waals surface area contributed by atoms with Gasteiger partial charge in [-0.2, -0.15) is 0 Å². The van der Waals surface area contributed by atoms with Crippen LogP contribution in [0.4, 0.5) is 4.39 Å². The summed E-state index contributed by atoms with van der Waals surface area (Å²) in [5.74, 6) is 0.542. The molecule has 25 heavy (non-hydrogen) atoms. The minimum Gasteiger partial charge on any atom is -0.488 e. The lowest BCUT2D eigenvalue weighted by Gasteiger charge is -2.18. The SMILES string of the molecule is CCN(CC)CCNCc1cc(Br)ccc1OCc1ccccc1F. The van der Waals surface area contributed by atoms with Gasteiger partial charge in [0.25, 0.3) is 0 Å². The normalized spacial score (nSPS) is 11.1. The second-order valence-corrected chi connectivity index (χ2v) is 6.75. The summed E-state index contributed by atoms with van der Waals surface area (Å²) in [5.41, 5.74) is 1.62. The summed E-state index contributed by atoms with van der Waals surface area (Å²) in [7, 11) is 0. The van der Waals surface area contributed by atoms with Gasteiger partial charge in [0.1, 0.15) is 18.2 Å². The average Bonchev–Trinajstić information content (AvgIpc) is 2.62. The Morgan fingerprint density at radius 2 is 1.84 bits per heavy atom. The number of hydrogen-bond donors (Lipinski definition) is 1. The summed E-state index contributed by atoms with van der Waals surface area (Å²) in [5, 5.41) is 3.46. The summed E-state index contributed by atoms with van der Waals surface area (Å²) in [6.45, 7) is 9.35. The number of hydrogen-bond acceptors (Lipinski definition) is 3. The second kappa shape index (κ2) is 10.5. The van der Waals surface area contributed by atoms with Gasteiger partial charge in [-0.25, -0.2) is 4.39 Å². The molecule has 0 saturated carbocycles. The Kier molecular flexibility index (Phi) is 8.38. The van der Waals surface area contributed by atoms with Gasteiger partial charge in [0.15, 0.2) is 0 Å². The monoisotopic (exact) mass is 408 g/mol. The van der Waals surface area contributed by atoms with Crippen LogP contribution in [0.5, 0.6) is 5.75 Å². The molecule has 1 N–H and O–H groups in total. The van der Waals surface area contributed by atoms with Gasteiger partial charge in [0, 0.05) is 35.2 Å². The number of likely N-dealkylation sites (N-methyl/N-ethyl adjacent to an activating group) is 1. The van der Waals surface area contributed by atoms with Gasteiger partial charge in [-0.15, -0.1) is 0 Å². The molecule has 136 valence electrons. The molecule has 0 aromatic heterocycles. The molecule has 2 aromatic carbocycles. The van der Waals surface area contributed by atoms with Gasteiger partial charge in [-0.1, -0.05) is 48.0 Å². The van der Waals surface area contributed by atoms with Crippen LogP contribution < -0.4 is 10.1 Å². The third kappa shape index (κ3) is 6.42. The van der Waals surface area contributed by atoms with Gasteiger partial charge in [0.05, 0.1) is 0 Å². The first-order valence-corrected chi connectivity index (χ1v) is 9.51. The van der Waals surface area contributed by atoms with E-state index in [2.05, 4.69) is 40.0 Å². The zero-order valence-electron chi connectivity index (χ0n) is 14.9. The number of rotatable bonds is 10. The number of benzene rings is 2. The maximum absolute atomic E-state index is 13.7. The van der Waals surface area contributed by atoms with Crippen LogP contribution in [0.3, 0.4) is 0 Å². The molecule has 0 unspecified atom stereocenters. The fraction of sp³-hybridized carbons (Fsp3) is 0.400. The fourth-order valence-electron chi connectivity index (χ4n) is 2.60. The zero-order chi connectivity index (χ0) is 18.1. The van der Waals surface area contributed by atoms with Crippen molar-refractivity contribution in [1.82, 2.24) is 10.2 Å². The quantitative estimate of drug-likeness (QED) is 0.581. The van der Waals surface area contributed by atoms with Crippen molar-refractivity contribution in [3.8, 4) is 5.75 Å². The molecule has 0 amide bonds. The van der Waals surface area contributed by atoms with Crippen LogP contribution in [-0.4, -0.2) is 31.1 Å². The van der Waals surface area contributed by atoms with Crippen molar-refractivity contribution >= 4 is 15.9 Å². The molecule has 0 aliphatic carbocycles. The highest BCUT2D eigenvalue weighted by Gasteiger charge is 2.07. The zero-order valence-corrected chi connectivity index (χ0v) is 16.5. The second-order valence-electron chi connectivity index (χ2n) is 5.84. The number of nitrogens with zero attached hydrogens (tertiary/aromatic N) is 1. The van der Waals surface area contributed by atoms with Gasteiger partial charge in [0.2, 0.25) is 0 Å². The van der Waals surface area contributed by atoms with E-state index in [0.29, 0.717) is 12.1 Å². The van der Waals surface area contributed by atoms with Gasteiger partial charge >= 0.3 is 0 Å². The fourth-order valence-corrected chi connectivity index (χ4v) is 3.01. The van der Waals surface area contributed by atoms with E-state index in [1.54, 1.807) is 12.1 Å². The first-order chi connectivity index (χ1) is 12.1. The summed E-state index contributed by atoms with van der Waals surface area (Å²) in [6, 6.07) is 12.6. The Morgan fingerprint density at radius 1 is 1.08 bits per heavy atom. The van der Waals surface area contributed by atoms with E-state index in [0.717, 1.165) is 42.0 Å². The minimum absolute atomic E-state index is 0.223. The van der Waals surface area contributed by atoms with Crippen LogP contribution in [0.2, 0.25) is 0 Å². The molecule has 2 aromatic rings. The third-order valence-corrected chi connectivity index (χ3v) is 4.67. The molecule has 2 rings (SSSR count). The highest BCUT2D eigenvalue weighted by atomic mass is 79.9. The standard InChI is InChI=1S/C20H26BrFN2O/c1-3-24(4-2)12-11-23-14-17-13-18(21)9-10-20(17)25-15-16-7-5-6-8-19(16)22/h5-10,13,23H,3-4,11-12,14-15H2,1-2H3. The van der Waals surface area contributed by atoms with E-state index in [1.807, 2.05) is 24.3 Å².